The molecule has 1 unspecified atom stereocenters. The van der Waals surface area contributed by atoms with Crippen LogP contribution in [0, 0.1) is 17.8 Å². The molecular weight excluding hydrogens is 268 g/mol. The quantitative estimate of drug-likeness (QED) is 0.566. The predicted octanol–water partition coefficient (Wildman–Crippen LogP) is 6.40. The molecular formula is C21H34O. The standard InChI is InChI=1S/C21H34O/c1-5-6-12-20(18-10-8-7-9-11-18)22-21-15-17(4)13-14-19(21)16(2)3/h7-11,16-17,19-21H,5-6,12-15H2,1-4H3/t17-,19+,20?,21-/m1/s1. The molecule has 0 aliphatic heterocycles. The molecule has 0 saturated heterocycles. The third-order valence-corrected chi connectivity index (χ3v) is 5.29. The summed E-state index contributed by atoms with van der Waals surface area (Å²) in [6.07, 6.45) is 8.28. The lowest BCUT2D eigenvalue weighted by atomic mass is 9.75. The van der Waals surface area contributed by atoms with Crippen LogP contribution < -0.4 is 0 Å². The highest BCUT2D eigenvalue weighted by Crippen LogP contribution is 2.38. The molecule has 0 N–H and O–H groups in total. The highest BCUT2D eigenvalue weighted by Gasteiger charge is 2.33. The normalized spacial score (nSPS) is 27.0. The van der Waals surface area contributed by atoms with E-state index in [9.17, 15) is 0 Å². The van der Waals surface area contributed by atoms with Gasteiger partial charge in [0.25, 0.3) is 0 Å². The molecule has 4 atom stereocenters. The zero-order valence-electron chi connectivity index (χ0n) is 14.9. The molecule has 0 radical (unpaired) electrons. The molecule has 1 aliphatic carbocycles. The third-order valence-electron chi connectivity index (χ3n) is 5.29. The van der Waals surface area contributed by atoms with Gasteiger partial charge in [-0.15, -0.1) is 0 Å². The molecule has 0 amide bonds. The fraction of sp³-hybridized carbons (Fsp3) is 0.714. The number of hydrogen-bond acceptors (Lipinski definition) is 1. The Kier molecular flexibility index (Phi) is 6.95. The van der Waals surface area contributed by atoms with E-state index in [2.05, 4.69) is 58.0 Å². The van der Waals surface area contributed by atoms with Gasteiger partial charge in [0.1, 0.15) is 0 Å². The first-order valence-corrected chi connectivity index (χ1v) is 9.32. The van der Waals surface area contributed by atoms with E-state index in [-0.39, 0.29) is 6.10 Å². The molecule has 1 aromatic rings. The van der Waals surface area contributed by atoms with Gasteiger partial charge in [0.15, 0.2) is 0 Å². The van der Waals surface area contributed by atoms with E-state index < -0.39 is 0 Å². The first kappa shape index (κ1) is 17.5. The Morgan fingerprint density at radius 2 is 1.86 bits per heavy atom. The molecule has 1 aliphatic rings. The average molecular weight is 303 g/mol. The maximum Gasteiger partial charge on any atom is 0.0828 e. The van der Waals surface area contributed by atoms with Gasteiger partial charge in [0, 0.05) is 0 Å². The lowest BCUT2D eigenvalue weighted by Crippen LogP contribution is -2.35. The van der Waals surface area contributed by atoms with E-state index in [0.717, 1.165) is 24.2 Å². The molecule has 0 spiro atoms. The second kappa shape index (κ2) is 8.72. The van der Waals surface area contributed by atoms with Gasteiger partial charge < -0.3 is 4.74 Å². The Balaban J connectivity index is 2.10. The van der Waals surface area contributed by atoms with E-state index in [1.807, 2.05) is 0 Å². The van der Waals surface area contributed by atoms with Gasteiger partial charge >= 0.3 is 0 Å². The monoisotopic (exact) mass is 302 g/mol. The minimum absolute atomic E-state index is 0.276. The summed E-state index contributed by atoms with van der Waals surface area (Å²) < 4.78 is 6.72. The van der Waals surface area contributed by atoms with Gasteiger partial charge in [-0.2, -0.15) is 0 Å². The zero-order valence-corrected chi connectivity index (χ0v) is 14.9. The summed E-state index contributed by atoms with van der Waals surface area (Å²) in [7, 11) is 0. The van der Waals surface area contributed by atoms with Crippen LogP contribution in [0.1, 0.15) is 77.9 Å². The van der Waals surface area contributed by atoms with Crippen LogP contribution in [0.2, 0.25) is 0 Å². The summed E-state index contributed by atoms with van der Waals surface area (Å²) in [6, 6.07) is 10.8. The summed E-state index contributed by atoms with van der Waals surface area (Å²) in [5, 5.41) is 0. The Morgan fingerprint density at radius 3 is 2.50 bits per heavy atom. The van der Waals surface area contributed by atoms with Gasteiger partial charge in [-0.25, -0.2) is 0 Å². The van der Waals surface area contributed by atoms with Crippen molar-refractivity contribution in [2.24, 2.45) is 17.8 Å². The van der Waals surface area contributed by atoms with Crippen molar-refractivity contribution in [3.05, 3.63) is 35.9 Å². The van der Waals surface area contributed by atoms with Crippen molar-refractivity contribution < 1.29 is 4.74 Å². The molecule has 124 valence electrons. The van der Waals surface area contributed by atoms with Crippen molar-refractivity contribution in [1.82, 2.24) is 0 Å². The van der Waals surface area contributed by atoms with Crippen LogP contribution in [0.4, 0.5) is 0 Å². The van der Waals surface area contributed by atoms with Crippen LogP contribution in [0.3, 0.4) is 0 Å². The maximum absolute atomic E-state index is 6.72. The summed E-state index contributed by atoms with van der Waals surface area (Å²) in [5.74, 6) is 2.26. The molecule has 1 nitrogen and oxygen atoms in total. The third kappa shape index (κ3) is 4.84. The fourth-order valence-corrected chi connectivity index (χ4v) is 3.85. The second-order valence-corrected chi connectivity index (χ2v) is 7.54. The van der Waals surface area contributed by atoms with Crippen LogP contribution in [-0.2, 0) is 4.74 Å². The largest absolute Gasteiger partial charge is 0.370 e. The van der Waals surface area contributed by atoms with Crippen LogP contribution in [0.15, 0.2) is 30.3 Å². The molecule has 1 fully saturated rings. The highest BCUT2D eigenvalue weighted by atomic mass is 16.5. The molecule has 0 bridgehead atoms. The molecule has 0 heterocycles. The minimum Gasteiger partial charge on any atom is -0.370 e. The highest BCUT2D eigenvalue weighted by molar-refractivity contribution is 5.17. The second-order valence-electron chi connectivity index (χ2n) is 7.54. The first-order valence-electron chi connectivity index (χ1n) is 9.32. The average Bonchev–Trinajstić information content (AvgIpc) is 2.52. The molecule has 22 heavy (non-hydrogen) atoms. The fourth-order valence-electron chi connectivity index (χ4n) is 3.85. The minimum atomic E-state index is 0.276. The van der Waals surface area contributed by atoms with Crippen LogP contribution in [-0.4, -0.2) is 6.10 Å². The molecule has 1 heteroatoms. The summed E-state index contributed by atoms with van der Waals surface area (Å²) >= 11 is 0. The summed E-state index contributed by atoms with van der Waals surface area (Å²) in [5.41, 5.74) is 1.36. The van der Waals surface area contributed by atoms with E-state index in [1.165, 1.54) is 37.7 Å². The van der Waals surface area contributed by atoms with Crippen molar-refractivity contribution in [2.75, 3.05) is 0 Å². The van der Waals surface area contributed by atoms with Crippen LogP contribution in [0.5, 0.6) is 0 Å². The van der Waals surface area contributed by atoms with E-state index in [4.69, 9.17) is 4.74 Å². The molecule has 1 saturated carbocycles. The Bertz CT molecular complexity index is 411. The first-order chi connectivity index (χ1) is 10.6. The molecule has 2 rings (SSSR count). The van der Waals surface area contributed by atoms with Crippen molar-refractivity contribution in [3.8, 4) is 0 Å². The van der Waals surface area contributed by atoms with Crippen molar-refractivity contribution in [1.29, 1.82) is 0 Å². The topological polar surface area (TPSA) is 9.23 Å². The number of ether oxygens (including phenoxy) is 1. The zero-order chi connectivity index (χ0) is 15.9. The number of hydrogen-bond donors (Lipinski definition) is 0. The van der Waals surface area contributed by atoms with E-state index in [0.29, 0.717) is 6.10 Å². The van der Waals surface area contributed by atoms with Crippen molar-refractivity contribution in [3.63, 3.8) is 0 Å². The Labute approximate surface area is 137 Å². The smallest absolute Gasteiger partial charge is 0.0828 e. The summed E-state index contributed by atoms with van der Waals surface area (Å²) in [6.45, 7) is 9.37. The maximum atomic E-state index is 6.72. The van der Waals surface area contributed by atoms with Gasteiger partial charge in [-0.3, -0.25) is 0 Å². The number of unbranched alkanes of at least 4 members (excludes halogenated alkanes) is 1. The lowest BCUT2D eigenvalue weighted by molar-refractivity contribution is -0.0851. The van der Waals surface area contributed by atoms with Gasteiger partial charge in [-0.05, 0) is 42.6 Å². The Morgan fingerprint density at radius 1 is 1.14 bits per heavy atom. The SMILES string of the molecule is CCCCC(O[C@@H]1C[C@H](C)CC[C@H]1C(C)C)c1ccccc1. The number of benzene rings is 1. The van der Waals surface area contributed by atoms with Crippen LogP contribution >= 0.6 is 0 Å². The Hall–Kier alpha value is -0.820. The van der Waals surface area contributed by atoms with Gasteiger partial charge in [0.2, 0.25) is 0 Å². The predicted molar refractivity (Wildman–Crippen MR) is 94.9 cm³/mol. The summed E-state index contributed by atoms with van der Waals surface area (Å²) in [4.78, 5) is 0. The van der Waals surface area contributed by atoms with E-state index in [1.54, 1.807) is 0 Å². The molecule has 1 aromatic carbocycles. The van der Waals surface area contributed by atoms with E-state index >= 15 is 0 Å². The van der Waals surface area contributed by atoms with Crippen LogP contribution in [0.25, 0.3) is 0 Å². The lowest BCUT2D eigenvalue weighted by Gasteiger charge is -2.39. The van der Waals surface area contributed by atoms with Gasteiger partial charge in [0.05, 0.1) is 12.2 Å². The number of rotatable bonds is 7. The van der Waals surface area contributed by atoms with Crippen molar-refractivity contribution >= 4 is 0 Å². The van der Waals surface area contributed by atoms with Crippen molar-refractivity contribution in [2.45, 2.75) is 78.4 Å². The van der Waals surface area contributed by atoms with Gasteiger partial charge in [-0.1, -0.05) is 77.3 Å². The molecule has 0 aromatic heterocycles.